The second-order valence-corrected chi connectivity index (χ2v) is 7.38. The number of ether oxygens (including phenoxy) is 1. The van der Waals surface area contributed by atoms with Gasteiger partial charge in [-0.1, -0.05) is 47.7 Å². The Kier molecular flexibility index (Phi) is 4.51. The van der Waals surface area contributed by atoms with Gasteiger partial charge in [0.25, 0.3) is 5.91 Å². The number of fused-ring (bicyclic) bond motifs is 1. The van der Waals surface area contributed by atoms with Gasteiger partial charge in [0, 0.05) is 17.2 Å². The molecule has 0 saturated heterocycles. The van der Waals surface area contributed by atoms with Crippen LogP contribution in [0.5, 0.6) is 5.75 Å². The molecule has 5 nitrogen and oxygen atoms in total. The zero-order valence-electron chi connectivity index (χ0n) is 14.7. The molecule has 26 heavy (non-hydrogen) atoms. The van der Waals surface area contributed by atoms with Crippen LogP contribution in [0.3, 0.4) is 0 Å². The second-order valence-electron chi connectivity index (χ2n) is 6.21. The first-order valence-corrected chi connectivity index (χ1v) is 9.48. The van der Waals surface area contributed by atoms with E-state index in [-0.39, 0.29) is 11.2 Å². The van der Waals surface area contributed by atoms with Crippen LogP contribution < -0.4 is 4.74 Å². The Balaban J connectivity index is 1.61. The van der Waals surface area contributed by atoms with Crippen LogP contribution in [0.1, 0.15) is 34.5 Å². The van der Waals surface area contributed by atoms with E-state index in [9.17, 15) is 4.79 Å². The molecule has 0 N–H and O–H groups in total. The standard InChI is InChI=1S/C20H19N3O2S/c1-3-25-16-9-7-14(8-10-16)17-12-18(24)23-20(26-17)21-19(22-23)15-6-4-5-13(2)11-15/h4-11,17H,3,12H2,1-2H3. The van der Waals surface area contributed by atoms with E-state index < -0.39 is 0 Å². The molecule has 0 fully saturated rings. The van der Waals surface area contributed by atoms with Gasteiger partial charge < -0.3 is 4.74 Å². The lowest BCUT2D eigenvalue weighted by molar-refractivity contribution is 0.0868. The van der Waals surface area contributed by atoms with Crippen LogP contribution in [-0.2, 0) is 0 Å². The lowest BCUT2D eigenvalue weighted by atomic mass is 10.1. The zero-order chi connectivity index (χ0) is 18.1. The van der Waals surface area contributed by atoms with Crippen LogP contribution in [0.25, 0.3) is 11.4 Å². The Hall–Kier alpha value is -2.60. The van der Waals surface area contributed by atoms with Crippen molar-refractivity contribution in [3.05, 3.63) is 59.7 Å². The van der Waals surface area contributed by atoms with E-state index in [0.29, 0.717) is 24.0 Å². The Morgan fingerprint density at radius 1 is 1.23 bits per heavy atom. The highest BCUT2D eigenvalue weighted by Gasteiger charge is 2.30. The number of carbonyl (C=O) groups is 1. The number of benzene rings is 2. The van der Waals surface area contributed by atoms with Crippen molar-refractivity contribution < 1.29 is 9.53 Å². The van der Waals surface area contributed by atoms with E-state index in [1.54, 1.807) is 11.8 Å². The first kappa shape index (κ1) is 16.8. The number of aryl methyl sites for hydroxylation is 1. The van der Waals surface area contributed by atoms with E-state index in [2.05, 4.69) is 10.1 Å². The van der Waals surface area contributed by atoms with Crippen molar-refractivity contribution in [1.29, 1.82) is 0 Å². The zero-order valence-corrected chi connectivity index (χ0v) is 15.5. The smallest absolute Gasteiger partial charge is 0.250 e. The first-order chi connectivity index (χ1) is 12.6. The summed E-state index contributed by atoms with van der Waals surface area (Å²) in [5.41, 5.74) is 3.16. The summed E-state index contributed by atoms with van der Waals surface area (Å²) in [6.45, 7) is 4.63. The second kappa shape index (κ2) is 6.96. The average molecular weight is 365 g/mol. The van der Waals surface area contributed by atoms with Crippen LogP contribution >= 0.6 is 11.8 Å². The van der Waals surface area contributed by atoms with Crippen molar-refractivity contribution in [1.82, 2.24) is 14.8 Å². The predicted molar refractivity (Wildman–Crippen MR) is 102 cm³/mol. The largest absolute Gasteiger partial charge is 0.494 e. The number of aromatic nitrogens is 3. The maximum absolute atomic E-state index is 12.6. The highest BCUT2D eigenvalue weighted by molar-refractivity contribution is 7.99. The molecule has 0 bridgehead atoms. The third kappa shape index (κ3) is 3.24. The maximum atomic E-state index is 12.6. The summed E-state index contributed by atoms with van der Waals surface area (Å²) in [4.78, 5) is 17.2. The summed E-state index contributed by atoms with van der Waals surface area (Å²) in [6.07, 6.45) is 0.405. The Bertz CT molecular complexity index is 950. The third-order valence-electron chi connectivity index (χ3n) is 4.26. The molecule has 0 aliphatic carbocycles. The summed E-state index contributed by atoms with van der Waals surface area (Å²) in [7, 11) is 0. The van der Waals surface area contributed by atoms with Gasteiger partial charge in [-0.2, -0.15) is 4.68 Å². The molecule has 0 radical (unpaired) electrons. The topological polar surface area (TPSA) is 57.0 Å². The molecule has 1 aromatic heterocycles. The van der Waals surface area contributed by atoms with Gasteiger partial charge in [0.05, 0.1) is 6.61 Å². The summed E-state index contributed by atoms with van der Waals surface area (Å²) < 4.78 is 6.93. The molecule has 1 aliphatic heterocycles. The Morgan fingerprint density at radius 2 is 2.04 bits per heavy atom. The summed E-state index contributed by atoms with van der Waals surface area (Å²) in [6, 6.07) is 15.9. The predicted octanol–water partition coefficient (Wildman–Crippen LogP) is 4.53. The van der Waals surface area contributed by atoms with Crippen molar-refractivity contribution in [3.8, 4) is 17.1 Å². The van der Waals surface area contributed by atoms with Crippen molar-refractivity contribution in [2.24, 2.45) is 0 Å². The highest BCUT2D eigenvalue weighted by atomic mass is 32.2. The molecule has 0 amide bonds. The first-order valence-electron chi connectivity index (χ1n) is 8.61. The summed E-state index contributed by atoms with van der Waals surface area (Å²) in [5.74, 6) is 1.41. The maximum Gasteiger partial charge on any atom is 0.250 e. The molecule has 2 heterocycles. The third-order valence-corrected chi connectivity index (χ3v) is 5.46. The van der Waals surface area contributed by atoms with Gasteiger partial charge in [0.1, 0.15) is 5.75 Å². The van der Waals surface area contributed by atoms with Crippen molar-refractivity contribution in [2.45, 2.75) is 30.7 Å². The molecule has 1 atom stereocenters. The van der Waals surface area contributed by atoms with E-state index in [0.717, 1.165) is 22.4 Å². The van der Waals surface area contributed by atoms with E-state index in [1.165, 1.54) is 4.68 Å². The fourth-order valence-corrected chi connectivity index (χ4v) is 4.14. The van der Waals surface area contributed by atoms with E-state index in [4.69, 9.17) is 4.74 Å². The van der Waals surface area contributed by atoms with E-state index in [1.807, 2.05) is 62.4 Å². The molecule has 3 aromatic rings. The lowest BCUT2D eigenvalue weighted by Gasteiger charge is -2.20. The normalized spacial score (nSPS) is 16.4. The quantitative estimate of drug-likeness (QED) is 0.680. The monoisotopic (exact) mass is 365 g/mol. The van der Waals surface area contributed by atoms with Crippen molar-refractivity contribution in [3.63, 3.8) is 0 Å². The Labute approximate surface area is 156 Å². The van der Waals surface area contributed by atoms with Gasteiger partial charge in [-0.3, -0.25) is 4.79 Å². The number of thioether (sulfide) groups is 1. The summed E-state index contributed by atoms with van der Waals surface area (Å²) >= 11 is 1.58. The SMILES string of the molecule is CCOc1ccc(C2CC(=O)n3nc(-c4cccc(C)c4)nc3S2)cc1. The van der Waals surface area contributed by atoms with Gasteiger partial charge in [-0.05, 0) is 37.6 Å². The van der Waals surface area contributed by atoms with Gasteiger partial charge >= 0.3 is 0 Å². The van der Waals surface area contributed by atoms with Crippen LogP contribution in [0, 0.1) is 6.92 Å². The minimum absolute atomic E-state index is 0.0240. The highest BCUT2D eigenvalue weighted by Crippen LogP contribution is 2.41. The molecular weight excluding hydrogens is 346 g/mol. The average Bonchev–Trinajstić information content (AvgIpc) is 3.07. The van der Waals surface area contributed by atoms with Crippen molar-refractivity contribution in [2.75, 3.05) is 6.61 Å². The van der Waals surface area contributed by atoms with Gasteiger partial charge in [0.2, 0.25) is 0 Å². The van der Waals surface area contributed by atoms with Crippen LogP contribution in [-0.4, -0.2) is 27.3 Å². The molecule has 132 valence electrons. The fourth-order valence-electron chi connectivity index (χ4n) is 2.99. The van der Waals surface area contributed by atoms with Crippen LogP contribution in [0.15, 0.2) is 53.7 Å². The van der Waals surface area contributed by atoms with Crippen molar-refractivity contribution >= 4 is 17.7 Å². The minimum atomic E-state index is -0.0240. The molecular formula is C20H19N3O2S. The molecule has 1 unspecified atom stereocenters. The van der Waals surface area contributed by atoms with Gasteiger partial charge in [-0.15, -0.1) is 5.10 Å². The Morgan fingerprint density at radius 3 is 2.77 bits per heavy atom. The summed E-state index contributed by atoms with van der Waals surface area (Å²) in [5, 5.41) is 5.12. The number of rotatable bonds is 4. The fraction of sp³-hybridized carbons (Fsp3) is 0.250. The molecule has 2 aromatic carbocycles. The number of carbonyl (C=O) groups excluding carboxylic acids is 1. The lowest BCUT2D eigenvalue weighted by Crippen LogP contribution is -2.20. The van der Waals surface area contributed by atoms with E-state index >= 15 is 0 Å². The molecule has 0 saturated carbocycles. The van der Waals surface area contributed by atoms with Crippen LogP contribution in [0.2, 0.25) is 0 Å². The number of nitrogens with zero attached hydrogens (tertiary/aromatic N) is 3. The van der Waals surface area contributed by atoms with Crippen LogP contribution in [0.4, 0.5) is 0 Å². The molecule has 6 heteroatoms. The molecule has 4 rings (SSSR count). The van der Waals surface area contributed by atoms with Gasteiger partial charge in [-0.25, -0.2) is 4.98 Å². The molecule has 0 spiro atoms. The molecule has 1 aliphatic rings. The van der Waals surface area contributed by atoms with Gasteiger partial charge in [0.15, 0.2) is 11.0 Å². The minimum Gasteiger partial charge on any atom is -0.494 e. The number of hydrogen-bond donors (Lipinski definition) is 0. The number of hydrogen-bond acceptors (Lipinski definition) is 5.